The number of thiazole rings is 1. The molecule has 21 heavy (non-hydrogen) atoms. The van der Waals surface area contributed by atoms with Gasteiger partial charge in [0.25, 0.3) is 0 Å². The predicted octanol–water partition coefficient (Wildman–Crippen LogP) is 3.90. The van der Waals surface area contributed by atoms with Crippen molar-refractivity contribution in [3.05, 3.63) is 45.7 Å². The lowest BCUT2D eigenvalue weighted by atomic mass is 10.0. The van der Waals surface area contributed by atoms with Crippen LogP contribution in [0.25, 0.3) is 0 Å². The molecule has 0 bridgehead atoms. The second-order valence-corrected chi connectivity index (χ2v) is 6.11. The first-order chi connectivity index (χ1) is 10.0. The first-order valence-corrected chi connectivity index (χ1v) is 8.04. The largest absolute Gasteiger partial charge is 0.369 e. The molecule has 0 saturated carbocycles. The van der Waals surface area contributed by atoms with Gasteiger partial charge in [0.05, 0.1) is 17.7 Å². The molecule has 0 spiro atoms. The summed E-state index contributed by atoms with van der Waals surface area (Å²) in [5.74, 6) is -0.158. The normalized spacial score (nSPS) is 12.4. The van der Waals surface area contributed by atoms with E-state index in [1.807, 2.05) is 39.4 Å². The molecule has 0 radical (unpaired) electrons. The first kappa shape index (κ1) is 15.9. The molecule has 0 aliphatic heterocycles. The lowest BCUT2D eigenvalue weighted by molar-refractivity contribution is 0.540. The van der Waals surface area contributed by atoms with Crippen LogP contribution in [0, 0.1) is 12.7 Å². The number of nitrogens with zero attached hydrogens (tertiary/aromatic N) is 2. The van der Waals surface area contributed by atoms with Gasteiger partial charge in [-0.05, 0) is 32.5 Å². The van der Waals surface area contributed by atoms with Gasteiger partial charge in [-0.3, -0.25) is 0 Å². The van der Waals surface area contributed by atoms with Crippen molar-refractivity contribution >= 4 is 17.0 Å². The molecule has 3 nitrogen and oxygen atoms in total. The van der Waals surface area contributed by atoms with E-state index in [1.54, 1.807) is 17.4 Å². The third-order valence-electron chi connectivity index (χ3n) is 3.61. The summed E-state index contributed by atoms with van der Waals surface area (Å²) in [5, 5.41) is 3.29. The quantitative estimate of drug-likeness (QED) is 0.877. The average molecular weight is 307 g/mol. The van der Waals surface area contributed by atoms with E-state index in [1.165, 1.54) is 10.9 Å². The summed E-state index contributed by atoms with van der Waals surface area (Å²) < 4.78 is 14.3. The van der Waals surface area contributed by atoms with E-state index < -0.39 is 0 Å². The minimum atomic E-state index is -0.158. The molecular formula is C16H22FN3S. The summed E-state index contributed by atoms with van der Waals surface area (Å²) in [6.45, 7) is 7.59. The van der Waals surface area contributed by atoms with Gasteiger partial charge < -0.3 is 10.2 Å². The van der Waals surface area contributed by atoms with Crippen molar-refractivity contribution in [2.45, 2.75) is 33.4 Å². The summed E-state index contributed by atoms with van der Waals surface area (Å²) in [5.41, 5.74) is 4.55. The van der Waals surface area contributed by atoms with E-state index in [2.05, 4.69) is 15.2 Å². The van der Waals surface area contributed by atoms with Gasteiger partial charge in [0.2, 0.25) is 0 Å². The molecule has 1 heterocycles. The summed E-state index contributed by atoms with van der Waals surface area (Å²) in [4.78, 5) is 7.58. The zero-order valence-corrected chi connectivity index (χ0v) is 13.8. The van der Waals surface area contributed by atoms with Crippen LogP contribution in [0.5, 0.6) is 0 Å². The van der Waals surface area contributed by atoms with Crippen molar-refractivity contribution in [3.8, 4) is 0 Å². The fraction of sp³-hybridized carbons (Fsp3) is 0.438. The maximum Gasteiger partial charge on any atom is 0.130 e. The van der Waals surface area contributed by atoms with E-state index in [-0.39, 0.29) is 11.9 Å². The summed E-state index contributed by atoms with van der Waals surface area (Å²) in [6.07, 6.45) is 0. The van der Waals surface area contributed by atoms with Gasteiger partial charge in [-0.1, -0.05) is 13.0 Å². The van der Waals surface area contributed by atoms with Crippen molar-refractivity contribution in [2.75, 3.05) is 18.5 Å². The Kier molecular flexibility index (Phi) is 5.31. The number of rotatable bonds is 6. The number of aromatic nitrogens is 1. The van der Waals surface area contributed by atoms with Crippen LogP contribution >= 0.6 is 11.3 Å². The Morgan fingerprint density at radius 2 is 2.19 bits per heavy atom. The minimum Gasteiger partial charge on any atom is -0.369 e. The van der Waals surface area contributed by atoms with Gasteiger partial charge in [-0.25, -0.2) is 9.37 Å². The summed E-state index contributed by atoms with van der Waals surface area (Å²) >= 11 is 1.64. The number of nitrogens with one attached hydrogen (secondary N) is 1. The summed E-state index contributed by atoms with van der Waals surface area (Å²) in [7, 11) is 2.00. The van der Waals surface area contributed by atoms with Crippen LogP contribution in [0.3, 0.4) is 0 Å². The van der Waals surface area contributed by atoms with Gasteiger partial charge >= 0.3 is 0 Å². The number of benzene rings is 1. The number of hydrogen-bond acceptors (Lipinski definition) is 4. The average Bonchev–Trinajstić information content (AvgIpc) is 2.84. The number of hydrogen-bond donors (Lipinski definition) is 1. The smallest absolute Gasteiger partial charge is 0.130 e. The molecular weight excluding hydrogens is 285 g/mol. The van der Waals surface area contributed by atoms with Crippen LogP contribution in [0.2, 0.25) is 0 Å². The SMILES string of the molecule is CCNC(C)c1c(F)cccc1N(C)Cc1scnc1C. The highest BCUT2D eigenvalue weighted by atomic mass is 32.1. The van der Waals surface area contributed by atoms with Crippen molar-refractivity contribution in [1.29, 1.82) is 0 Å². The lowest BCUT2D eigenvalue weighted by Crippen LogP contribution is -2.24. The van der Waals surface area contributed by atoms with Gasteiger partial charge in [-0.2, -0.15) is 0 Å². The molecule has 2 aromatic rings. The zero-order valence-electron chi connectivity index (χ0n) is 13.0. The monoisotopic (exact) mass is 307 g/mol. The summed E-state index contributed by atoms with van der Waals surface area (Å²) in [6, 6.07) is 5.25. The fourth-order valence-corrected chi connectivity index (χ4v) is 3.30. The zero-order chi connectivity index (χ0) is 15.4. The Labute approximate surface area is 129 Å². The van der Waals surface area contributed by atoms with E-state index in [4.69, 9.17) is 0 Å². The molecule has 1 aromatic carbocycles. The van der Waals surface area contributed by atoms with Crippen molar-refractivity contribution in [2.24, 2.45) is 0 Å². The third kappa shape index (κ3) is 3.60. The van der Waals surface area contributed by atoms with Crippen LogP contribution in [0.4, 0.5) is 10.1 Å². The molecule has 1 atom stereocenters. The number of anilines is 1. The van der Waals surface area contributed by atoms with E-state index in [0.717, 1.165) is 30.0 Å². The first-order valence-electron chi connectivity index (χ1n) is 7.16. The van der Waals surface area contributed by atoms with Gasteiger partial charge in [-0.15, -0.1) is 11.3 Å². The Balaban J connectivity index is 2.30. The topological polar surface area (TPSA) is 28.2 Å². The van der Waals surface area contributed by atoms with Crippen LogP contribution in [-0.4, -0.2) is 18.6 Å². The second kappa shape index (κ2) is 7.00. The van der Waals surface area contributed by atoms with Gasteiger partial charge in [0.15, 0.2) is 0 Å². The van der Waals surface area contributed by atoms with Crippen molar-refractivity contribution < 1.29 is 4.39 Å². The molecule has 5 heteroatoms. The van der Waals surface area contributed by atoms with Crippen LogP contribution in [0.15, 0.2) is 23.7 Å². The molecule has 2 rings (SSSR count). The third-order valence-corrected chi connectivity index (χ3v) is 4.53. The van der Waals surface area contributed by atoms with Crippen LogP contribution in [0.1, 0.15) is 36.0 Å². The highest BCUT2D eigenvalue weighted by Crippen LogP contribution is 2.30. The molecule has 0 saturated heterocycles. The maximum atomic E-state index is 14.3. The molecule has 0 aliphatic rings. The Bertz CT molecular complexity index is 597. The molecule has 114 valence electrons. The highest BCUT2D eigenvalue weighted by molar-refractivity contribution is 7.09. The standard InChI is InChI=1S/C16H22FN3S/c1-5-18-12(3)16-13(17)7-6-8-14(16)20(4)9-15-11(2)19-10-21-15/h6-8,10,12,18H,5,9H2,1-4H3. The van der Waals surface area contributed by atoms with Crippen molar-refractivity contribution in [3.63, 3.8) is 0 Å². The molecule has 0 fully saturated rings. The van der Waals surface area contributed by atoms with Crippen LogP contribution in [-0.2, 0) is 6.54 Å². The highest BCUT2D eigenvalue weighted by Gasteiger charge is 2.18. The lowest BCUT2D eigenvalue weighted by Gasteiger charge is -2.25. The molecule has 0 aliphatic carbocycles. The van der Waals surface area contributed by atoms with Crippen molar-refractivity contribution in [1.82, 2.24) is 10.3 Å². The van der Waals surface area contributed by atoms with E-state index >= 15 is 0 Å². The Hall–Kier alpha value is -1.46. The predicted molar refractivity (Wildman–Crippen MR) is 87.4 cm³/mol. The number of halogens is 1. The number of aryl methyl sites for hydroxylation is 1. The van der Waals surface area contributed by atoms with E-state index in [0.29, 0.717) is 0 Å². The Morgan fingerprint density at radius 3 is 2.81 bits per heavy atom. The fourth-order valence-electron chi connectivity index (χ4n) is 2.47. The van der Waals surface area contributed by atoms with Gasteiger partial charge in [0, 0.05) is 29.2 Å². The van der Waals surface area contributed by atoms with E-state index in [9.17, 15) is 4.39 Å². The molecule has 1 N–H and O–H groups in total. The maximum absolute atomic E-state index is 14.3. The Morgan fingerprint density at radius 1 is 1.43 bits per heavy atom. The minimum absolute atomic E-state index is 0.0174. The molecule has 1 aromatic heterocycles. The van der Waals surface area contributed by atoms with Crippen LogP contribution < -0.4 is 10.2 Å². The molecule has 1 unspecified atom stereocenters. The second-order valence-electron chi connectivity index (χ2n) is 5.17. The molecule has 0 amide bonds. The van der Waals surface area contributed by atoms with Gasteiger partial charge in [0.1, 0.15) is 5.82 Å².